The Balaban J connectivity index is 2.65. The van der Waals surface area contributed by atoms with E-state index in [0.717, 1.165) is 31.6 Å². The van der Waals surface area contributed by atoms with E-state index in [1.165, 1.54) is 5.56 Å². The Kier molecular flexibility index (Phi) is 5.69. The predicted octanol–water partition coefficient (Wildman–Crippen LogP) is 4.55. The minimum atomic E-state index is 0.595. The standard InChI is InChI=1S/C15H22O/c1-4-7-13(6-3)14-8-10-15(11-9-14)16-12-5-2/h4,8-11,13H,1,5-7,12H2,2-3H3. The van der Waals surface area contributed by atoms with Gasteiger partial charge in [0.05, 0.1) is 6.61 Å². The number of rotatable bonds is 7. The molecule has 1 atom stereocenters. The fourth-order valence-corrected chi connectivity index (χ4v) is 1.80. The summed E-state index contributed by atoms with van der Waals surface area (Å²) in [6.07, 6.45) is 5.25. The molecule has 1 nitrogen and oxygen atoms in total. The van der Waals surface area contributed by atoms with Crippen molar-refractivity contribution < 1.29 is 4.74 Å². The lowest BCUT2D eigenvalue weighted by atomic mass is 9.93. The quantitative estimate of drug-likeness (QED) is 0.610. The molecule has 0 spiro atoms. The molecule has 1 aromatic carbocycles. The van der Waals surface area contributed by atoms with E-state index < -0.39 is 0 Å². The number of ether oxygens (including phenoxy) is 1. The molecule has 0 aliphatic carbocycles. The van der Waals surface area contributed by atoms with Gasteiger partial charge in [0.2, 0.25) is 0 Å². The van der Waals surface area contributed by atoms with E-state index in [1.54, 1.807) is 0 Å². The summed E-state index contributed by atoms with van der Waals surface area (Å²) in [7, 11) is 0. The van der Waals surface area contributed by atoms with Crippen molar-refractivity contribution in [2.24, 2.45) is 0 Å². The van der Waals surface area contributed by atoms with Gasteiger partial charge in [-0.25, -0.2) is 0 Å². The Morgan fingerprint density at radius 1 is 1.25 bits per heavy atom. The number of allylic oxidation sites excluding steroid dienone is 1. The second kappa shape index (κ2) is 7.10. The predicted molar refractivity (Wildman–Crippen MR) is 70.1 cm³/mol. The van der Waals surface area contributed by atoms with Crippen LogP contribution in [-0.4, -0.2) is 6.61 Å². The van der Waals surface area contributed by atoms with E-state index >= 15 is 0 Å². The van der Waals surface area contributed by atoms with Crippen LogP contribution < -0.4 is 4.74 Å². The Labute approximate surface area is 99.1 Å². The Morgan fingerprint density at radius 2 is 1.94 bits per heavy atom. The average molecular weight is 218 g/mol. The maximum Gasteiger partial charge on any atom is 0.119 e. The summed E-state index contributed by atoms with van der Waals surface area (Å²) in [6, 6.07) is 8.47. The lowest BCUT2D eigenvalue weighted by Crippen LogP contribution is -1.98. The van der Waals surface area contributed by atoms with Gasteiger partial charge < -0.3 is 4.74 Å². The van der Waals surface area contributed by atoms with Gasteiger partial charge in [-0.3, -0.25) is 0 Å². The van der Waals surface area contributed by atoms with Crippen molar-refractivity contribution in [3.63, 3.8) is 0 Å². The SMILES string of the molecule is C=CCC(CC)c1ccc(OCCC)cc1. The van der Waals surface area contributed by atoms with Crippen molar-refractivity contribution in [3.05, 3.63) is 42.5 Å². The van der Waals surface area contributed by atoms with Crippen LogP contribution in [0.3, 0.4) is 0 Å². The first kappa shape index (κ1) is 12.8. The highest BCUT2D eigenvalue weighted by atomic mass is 16.5. The van der Waals surface area contributed by atoms with Crippen LogP contribution in [-0.2, 0) is 0 Å². The molecule has 0 aliphatic heterocycles. The van der Waals surface area contributed by atoms with Gasteiger partial charge in [0.15, 0.2) is 0 Å². The van der Waals surface area contributed by atoms with Gasteiger partial charge in [-0.05, 0) is 42.9 Å². The van der Waals surface area contributed by atoms with Gasteiger partial charge >= 0.3 is 0 Å². The largest absolute Gasteiger partial charge is 0.494 e. The highest BCUT2D eigenvalue weighted by Crippen LogP contribution is 2.25. The summed E-state index contributed by atoms with van der Waals surface area (Å²) in [4.78, 5) is 0. The van der Waals surface area contributed by atoms with Crippen molar-refractivity contribution >= 4 is 0 Å². The van der Waals surface area contributed by atoms with Crippen LogP contribution in [0.15, 0.2) is 36.9 Å². The topological polar surface area (TPSA) is 9.23 Å². The molecule has 0 aliphatic rings. The molecule has 0 fully saturated rings. The minimum Gasteiger partial charge on any atom is -0.494 e. The second-order valence-electron chi connectivity index (χ2n) is 4.05. The molecule has 1 rings (SSSR count). The third-order valence-electron chi connectivity index (χ3n) is 2.77. The zero-order valence-electron chi connectivity index (χ0n) is 10.4. The van der Waals surface area contributed by atoms with Gasteiger partial charge in [0, 0.05) is 0 Å². The molecule has 0 radical (unpaired) electrons. The van der Waals surface area contributed by atoms with E-state index in [0.29, 0.717) is 5.92 Å². The minimum absolute atomic E-state index is 0.595. The van der Waals surface area contributed by atoms with E-state index in [4.69, 9.17) is 4.74 Å². The molecule has 0 heterocycles. The highest BCUT2D eigenvalue weighted by Gasteiger charge is 2.07. The lowest BCUT2D eigenvalue weighted by Gasteiger charge is -2.13. The van der Waals surface area contributed by atoms with Crippen LogP contribution in [0.5, 0.6) is 5.75 Å². The van der Waals surface area contributed by atoms with Crippen molar-refractivity contribution in [2.75, 3.05) is 6.61 Å². The van der Waals surface area contributed by atoms with E-state index in [1.807, 2.05) is 6.08 Å². The second-order valence-corrected chi connectivity index (χ2v) is 4.05. The summed E-state index contributed by atoms with van der Waals surface area (Å²) in [5.74, 6) is 1.57. The molecule has 0 N–H and O–H groups in total. The normalized spacial score (nSPS) is 12.1. The molecule has 0 aromatic heterocycles. The molecule has 0 amide bonds. The van der Waals surface area contributed by atoms with Crippen molar-refractivity contribution in [3.8, 4) is 5.75 Å². The lowest BCUT2D eigenvalue weighted by molar-refractivity contribution is 0.317. The van der Waals surface area contributed by atoms with Crippen molar-refractivity contribution in [1.82, 2.24) is 0 Å². The number of hydrogen-bond donors (Lipinski definition) is 0. The monoisotopic (exact) mass is 218 g/mol. The van der Waals surface area contributed by atoms with Gasteiger partial charge in [-0.2, -0.15) is 0 Å². The molecule has 1 unspecified atom stereocenters. The molecular formula is C15H22O. The third kappa shape index (κ3) is 3.73. The molecule has 0 bridgehead atoms. The van der Waals surface area contributed by atoms with Crippen LogP contribution in [0.1, 0.15) is 44.6 Å². The van der Waals surface area contributed by atoms with Crippen LogP contribution in [0.4, 0.5) is 0 Å². The fraction of sp³-hybridized carbons (Fsp3) is 0.467. The maximum absolute atomic E-state index is 5.56. The van der Waals surface area contributed by atoms with Crippen LogP contribution in [0.2, 0.25) is 0 Å². The zero-order chi connectivity index (χ0) is 11.8. The highest BCUT2D eigenvalue weighted by molar-refractivity contribution is 5.29. The Bertz CT molecular complexity index is 300. The zero-order valence-corrected chi connectivity index (χ0v) is 10.4. The Hall–Kier alpha value is -1.24. The first-order chi connectivity index (χ1) is 7.81. The van der Waals surface area contributed by atoms with E-state index in [2.05, 4.69) is 44.7 Å². The fourth-order valence-electron chi connectivity index (χ4n) is 1.80. The Morgan fingerprint density at radius 3 is 2.44 bits per heavy atom. The first-order valence-electron chi connectivity index (χ1n) is 6.15. The summed E-state index contributed by atoms with van der Waals surface area (Å²) in [6.45, 7) is 8.94. The number of benzene rings is 1. The van der Waals surface area contributed by atoms with Crippen LogP contribution in [0.25, 0.3) is 0 Å². The van der Waals surface area contributed by atoms with Crippen molar-refractivity contribution in [2.45, 2.75) is 39.0 Å². The molecule has 0 saturated heterocycles. The van der Waals surface area contributed by atoms with Crippen LogP contribution >= 0.6 is 0 Å². The van der Waals surface area contributed by atoms with Crippen molar-refractivity contribution in [1.29, 1.82) is 0 Å². The molecule has 1 aromatic rings. The third-order valence-corrected chi connectivity index (χ3v) is 2.77. The van der Waals surface area contributed by atoms with E-state index in [9.17, 15) is 0 Å². The smallest absolute Gasteiger partial charge is 0.119 e. The summed E-state index contributed by atoms with van der Waals surface area (Å²) in [5, 5.41) is 0. The van der Waals surface area contributed by atoms with Gasteiger partial charge in [-0.15, -0.1) is 6.58 Å². The van der Waals surface area contributed by atoms with Gasteiger partial charge in [0.1, 0.15) is 5.75 Å². The molecule has 88 valence electrons. The summed E-state index contributed by atoms with van der Waals surface area (Å²) >= 11 is 0. The first-order valence-corrected chi connectivity index (χ1v) is 6.15. The number of hydrogen-bond acceptors (Lipinski definition) is 1. The molecule has 16 heavy (non-hydrogen) atoms. The average Bonchev–Trinajstić information content (AvgIpc) is 2.34. The van der Waals surface area contributed by atoms with Gasteiger partial charge in [0.25, 0.3) is 0 Å². The molecule has 0 saturated carbocycles. The molecule has 1 heteroatoms. The maximum atomic E-state index is 5.56. The summed E-state index contributed by atoms with van der Waals surface area (Å²) in [5.41, 5.74) is 1.38. The van der Waals surface area contributed by atoms with Gasteiger partial charge in [-0.1, -0.05) is 32.1 Å². The summed E-state index contributed by atoms with van der Waals surface area (Å²) < 4.78 is 5.56. The van der Waals surface area contributed by atoms with E-state index in [-0.39, 0.29) is 0 Å². The molecular weight excluding hydrogens is 196 g/mol. The van der Waals surface area contributed by atoms with Crippen LogP contribution in [0, 0.1) is 0 Å².